The number of ether oxygens (including phenoxy) is 1. The molecule has 0 saturated carbocycles. The maximum atomic E-state index is 12.2. The van der Waals surface area contributed by atoms with Crippen LogP contribution in [0.5, 0.6) is 0 Å². The van der Waals surface area contributed by atoms with Gasteiger partial charge in [-0.05, 0) is 50.6 Å². The highest BCUT2D eigenvalue weighted by Crippen LogP contribution is 2.26. The van der Waals surface area contributed by atoms with Crippen LogP contribution in [0.15, 0.2) is 29.2 Å². The van der Waals surface area contributed by atoms with Crippen molar-refractivity contribution in [3.8, 4) is 0 Å². The molecule has 7 heteroatoms. The fraction of sp³-hybridized carbons (Fsp3) is 0.562. The van der Waals surface area contributed by atoms with E-state index in [9.17, 15) is 13.6 Å². The number of hydrogen-bond donors (Lipinski definition) is 1. The molecule has 1 atom stereocenters. The zero-order valence-corrected chi connectivity index (χ0v) is 14.0. The number of hydrogen-bond acceptors (Lipinski definition) is 4. The number of halogens is 2. The summed E-state index contributed by atoms with van der Waals surface area (Å²) in [5.74, 6) is -2.57. The first kappa shape index (κ1) is 18.2. The Morgan fingerprint density at radius 3 is 2.74 bits per heavy atom. The van der Waals surface area contributed by atoms with Crippen molar-refractivity contribution in [1.82, 2.24) is 4.90 Å². The summed E-state index contributed by atoms with van der Waals surface area (Å²) in [6.07, 6.45) is 3.52. The normalized spacial score (nSPS) is 18.4. The molecule has 1 heterocycles. The van der Waals surface area contributed by atoms with E-state index in [2.05, 4.69) is 5.32 Å². The second kappa shape index (κ2) is 9.20. The van der Waals surface area contributed by atoms with Crippen molar-refractivity contribution in [2.75, 3.05) is 32.1 Å². The lowest BCUT2D eigenvalue weighted by molar-refractivity contribution is -0.117. The van der Waals surface area contributed by atoms with E-state index in [0.717, 1.165) is 26.0 Å². The van der Waals surface area contributed by atoms with Crippen LogP contribution in [-0.2, 0) is 9.53 Å². The summed E-state index contributed by atoms with van der Waals surface area (Å²) >= 11 is 0.488. The van der Waals surface area contributed by atoms with Crippen LogP contribution >= 0.6 is 11.8 Å². The lowest BCUT2D eigenvalue weighted by Crippen LogP contribution is -2.37. The van der Waals surface area contributed by atoms with E-state index in [1.807, 2.05) is 11.9 Å². The van der Waals surface area contributed by atoms with E-state index in [4.69, 9.17) is 4.74 Å². The van der Waals surface area contributed by atoms with Crippen molar-refractivity contribution < 1.29 is 18.3 Å². The van der Waals surface area contributed by atoms with Crippen LogP contribution in [0.25, 0.3) is 0 Å². The highest BCUT2D eigenvalue weighted by molar-refractivity contribution is 7.99. The molecular formula is C16H22F2N2O2S. The number of carbonyl (C=O) groups is 1. The minimum absolute atomic E-state index is 0.127. The molecule has 1 amide bonds. The highest BCUT2D eigenvalue weighted by Gasteiger charge is 2.17. The molecule has 23 heavy (non-hydrogen) atoms. The van der Waals surface area contributed by atoms with Crippen LogP contribution in [0.4, 0.5) is 14.5 Å². The Morgan fingerprint density at radius 1 is 1.39 bits per heavy atom. The van der Waals surface area contributed by atoms with Crippen LogP contribution < -0.4 is 5.32 Å². The fourth-order valence-corrected chi connectivity index (χ4v) is 3.03. The summed E-state index contributed by atoms with van der Waals surface area (Å²) in [5, 5.41) is 2.77. The molecule has 0 aliphatic carbocycles. The molecule has 0 spiro atoms. The third-order valence-corrected chi connectivity index (χ3v) is 4.29. The van der Waals surface area contributed by atoms with Gasteiger partial charge in [0.05, 0.1) is 12.6 Å². The minimum atomic E-state index is -2.44. The van der Waals surface area contributed by atoms with E-state index in [0.29, 0.717) is 22.3 Å². The van der Waals surface area contributed by atoms with Crippen molar-refractivity contribution in [3.05, 3.63) is 24.3 Å². The number of rotatable bonds is 7. The number of nitrogens with one attached hydrogen (secondary N) is 1. The smallest absolute Gasteiger partial charge is 0.288 e. The Bertz CT molecular complexity index is 493. The number of nitrogens with zero attached hydrogens (tertiary/aromatic N) is 1. The number of likely N-dealkylation sites (N-methyl/N-ethyl adjacent to an activating group) is 1. The monoisotopic (exact) mass is 344 g/mol. The molecule has 1 aromatic carbocycles. The Hall–Kier alpha value is -1.18. The van der Waals surface area contributed by atoms with Gasteiger partial charge in [0.15, 0.2) is 0 Å². The predicted octanol–water partition coefficient (Wildman–Crippen LogP) is 3.44. The van der Waals surface area contributed by atoms with Gasteiger partial charge in [-0.2, -0.15) is 8.78 Å². The van der Waals surface area contributed by atoms with Crippen molar-refractivity contribution in [1.29, 1.82) is 0 Å². The van der Waals surface area contributed by atoms with E-state index >= 15 is 0 Å². The second-order valence-electron chi connectivity index (χ2n) is 5.64. The number of amides is 1. The van der Waals surface area contributed by atoms with Gasteiger partial charge in [0.1, 0.15) is 0 Å². The molecule has 0 bridgehead atoms. The lowest BCUT2D eigenvalue weighted by Gasteiger charge is -2.27. The van der Waals surface area contributed by atoms with Crippen molar-refractivity contribution in [3.63, 3.8) is 0 Å². The number of carbonyl (C=O) groups excluding carboxylic acids is 1. The third kappa shape index (κ3) is 6.85. The number of benzene rings is 1. The van der Waals surface area contributed by atoms with Gasteiger partial charge in [-0.15, -0.1) is 0 Å². The standard InChI is InChI=1S/C16H22F2N2O2S/c1-20(10-13-4-2-3-9-22-13)11-15(21)19-12-5-7-14(8-6-12)23-16(17)18/h5-8,13,16H,2-4,9-11H2,1H3,(H,19,21). The SMILES string of the molecule is CN(CC(=O)Nc1ccc(SC(F)F)cc1)CC1CCCCO1. The van der Waals surface area contributed by atoms with Crippen molar-refractivity contribution in [2.24, 2.45) is 0 Å². The van der Waals surface area contributed by atoms with Gasteiger partial charge in [-0.25, -0.2) is 0 Å². The van der Waals surface area contributed by atoms with E-state index in [-0.39, 0.29) is 18.6 Å². The molecule has 1 aliphatic rings. The fourth-order valence-electron chi connectivity index (χ4n) is 2.53. The molecule has 1 N–H and O–H groups in total. The molecule has 1 unspecified atom stereocenters. The van der Waals surface area contributed by atoms with Crippen molar-refractivity contribution >= 4 is 23.4 Å². The third-order valence-electron chi connectivity index (χ3n) is 3.57. The first-order chi connectivity index (χ1) is 11.0. The first-order valence-corrected chi connectivity index (χ1v) is 8.56. The van der Waals surface area contributed by atoms with Crippen LogP contribution in [-0.4, -0.2) is 49.4 Å². The zero-order valence-electron chi connectivity index (χ0n) is 13.1. The van der Waals surface area contributed by atoms with Gasteiger partial charge >= 0.3 is 0 Å². The number of anilines is 1. The molecular weight excluding hydrogens is 322 g/mol. The zero-order chi connectivity index (χ0) is 16.7. The summed E-state index contributed by atoms with van der Waals surface area (Å²) in [4.78, 5) is 14.4. The Kier molecular flexibility index (Phi) is 7.26. The number of thioether (sulfide) groups is 1. The maximum absolute atomic E-state index is 12.2. The molecule has 0 aromatic heterocycles. The topological polar surface area (TPSA) is 41.6 Å². The average molecular weight is 344 g/mol. The quantitative estimate of drug-likeness (QED) is 0.770. The lowest BCUT2D eigenvalue weighted by atomic mass is 10.1. The van der Waals surface area contributed by atoms with E-state index in [1.54, 1.807) is 24.3 Å². The summed E-state index contributed by atoms with van der Waals surface area (Å²) < 4.78 is 30.1. The molecule has 1 saturated heterocycles. The molecule has 4 nitrogen and oxygen atoms in total. The molecule has 1 aromatic rings. The Labute approximate surface area is 139 Å². The summed E-state index contributed by atoms with van der Waals surface area (Å²) in [7, 11) is 1.89. The van der Waals surface area contributed by atoms with Gasteiger partial charge in [0.2, 0.25) is 5.91 Å². The van der Waals surface area contributed by atoms with Gasteiger partial charge in [0, 0.05) is 23.7 Å². The van der Waals surface area contributed by atoms with E-state index < -0.39 is 5.76 Å². The molecule has 128 valence electrons. The Balaban J connectivity index is 1.74. The van der Waals surface area contributed by atoms with E-state index in [1.165, 1.54) is 6.42 Å². The second-order valence-corrected chi connectivity index (χ2v) is 6.70. The first-order valence-electron chi connectivity index (χ1n) is 7.68. The van der Waals surface area contributed by atoms with Crippen LogP contribution in [0, 0.1) is 0 Å². The predicted molar refractivity (Wildman–Crippen MR) is 88.0 cm³/mol. The van der Waals surface area contributed by atoms with Gasteiger partial charge in [0.25, 0.3) is 5.76 Å². The molecule has 1 fully saturated rings. The van der Waals surface area contributed by atoms with Gasteiger partial charge < -0.3 is 10.1 Å². The summed E-state index contributed by atoms with van der Waals surface area (Å²) in [5.41, 5.74) is 0.607. The number of alkyl halides is 2. The van der Waals surface area contributed by atoms with Crippen LogP contribution in [0.1, 0.15) is 19.3 Å². The summed E-state index contributed by atoms with van der Waals surface area (Å²) in [6, 6.07) is 6.41. The Morgan fingerprint density at radius 2 is 2.13 bits per heavy atom. The maximum Gasteiger partial charge on any atom is 0.288 e. The molecule has 1 aliphatic heterocycles. The van der Waals surface area contributed by atoms with Crippen molar-refractivity contribution in [2.45, 2.75) is 36.0 Å². The van der Waals surface area contributed by atoms with Crippen LogP contribution in [0.2, 0.25) is 0 Å². The minimum Gasteiger partial charge on any atom is -0.377 e. The molecule has 2 rings (SSSR count). The van der Waals surface area contributed by atoms with Gasteiger partial charge in [-0.3, -0.25) is 9.69 Å². The van der Waals surface area contributed by atoms with Gasteiger partial charge in [-0.1, -0.05) is 11.8 Å². The summed E-state index contributed by atoms with van der Waals surface area (Å²) in [6.45, 7) is 1.80. The average Bonchev–Trinajstić information content (AvgIpc) is 2.49. The van der Waals surface area contributed by atoms with Crippen LogP contribution in [0.3, 0.4) is 0 Å². The highest BCUT2D eigenvalue weighted by atomic mass is 32.2. The largest absolute Gasteiger partial charge is 0.377 e. The molecule has 0 radical (unpaired) electrons.